The van der Waals surface area contributed by atoms with Crippen molar-refractivity contribution in [1.82, 2.24) is 4.90 Å². The number of rotatable bonds is 7. The van der Waals surface area contributed by atoms with Crippen LogP contribution < -0.4 is 0 Å². The summed E-state index contributed by atoms with van der Waals surface area (Å²) in [6, 6.07) is 5.86. The van der Waals surface area contributed by atoms with Gasteiger partial charge in [-0.2, -0.15) is 0 Å². The summed E-state index contributed by atoms with van der Waals surface area (Å²) in [6.07, 6.45) is 6.03. The van der Waals surface area contributed by atoms with E-state index in [-0.39, 0.29) is 25.3 Å². The summed E-state index contributed by atoms with van der Waals surface area (Å²) in [5.74, 6) is 0.345. The Morgan fingerprint density at radius 1 is 1.15 bits per heavy atom. The first-order valence-corrected chi connectivity index (χ1v) is 9.78. The zero-order valence-electron chi connectivity index (χ0n) is 14.8. The van der Waals surface area contributed by atoms with Gasteiger partial charge in [-0.15, -0.1) is 12.4 Å². The van der Waals surface area contributed by atoms with Crippen molar-refractivity contribution in [2.75, 3.05) is 26.5 Å². The highest BCUT2D eigenvalue weighted by atomic mass is 35.5. The third kappa shape index (κ3) is 5.82. The van der Waals surface area contributed by atoms with Crippen molar-refractivity contribution in [1.29, 1.82) is 0 Å². The highest BCUT2D eigenvalue weighted by molar-refractivity contribution is 6.35. The van der Waals surface area contributed by atoms with Gasteiger partial charge in [-0.3, -0.25) is 9.69 Å². The summed E-state index contributed by atoms with van der Waals surface area (Å²) in [6.45, 7) is 2.24. The van der Waals surface area contributed by atoms with Crippen molar-refractivity contribution >= 4 is 41.4 Å². The van der Waals surface area contributed by atoms with Gasteiger partial charge in [0.1, 0.15) is 12.6 Å². The van der Waals surface area contributed by atoms with E-state index in [9.17, 15) is 4.79 Å². The number of carbonyl (C=O) groups is 1. The summed E-state index contributed by atoms with van der Waals surface area (Å²) in [4.78, 5) is 13.9. The van der Waals surface area contributed by atoms with Crippen molar-refractivity contribution in [3.8, 4) is 0 Å². The third-order valence-electron chi connectivity index (χ3n) is 5.12. The monoisotopic (exact) mass is 421 g/mol. The van der Waals surface area contributed by atoms with Crippen molar-refractivity contribution in [3.63, 3.8) is 0 Å². The van der Waals surface area contributed by atoms with Crippen LogP contribution in [0.4, 0.5) is 0 Å². The van der Waals surface area contributed by atoms with Crippen LogP contribution in [-0.2, 0) is 20.7 Å². The van der Waals surface area contributed by atoms with Crippen LogP contribution in [0.1, 0.15) is 37.7 Å². The average molecular weight is 423 g/mol. The minimum absolute atomic E-state index is 0. The number of ether oxygens (including phenoxy) is 2. The lowest BCUT2D eigenvalue weighted by Gasteiger charge is -2.37. The summed E-state index contributed by atoms with van der Waals surface area (Å²) in [5.41, 5.74) is 0.914. The third-order valence-corrected chi connectivity index (χ3v) is 5.83. The van der Waals surface area contributed by atoms with Gasteiger partial charge in [-0.1, -0.05) is 42.1 Å². The molecule has 2 aliphatic rings. The molecule has 1 saturated heterocycles. The molecule has 1 aromatic carbocycles. The Kier molecular flexibility index (Phi) is 9.15. The Labute approximate surface area is 171 Å². The molecule has 146 valence electrons. The van der Waals surface area contributed by atoms with Gasteiger partial charge < -0.3 is 9.47 Å². The minimum atomic E-state index is 0. The van der Waals surface area contributed by atoms with Crippen molar-refractivity contribution in [2.45, 2.75) is 50.7 Å². The lowest BCUT2D eigenvalue weighted by Crippen LogP contribution is -2.46. The molecule has 2 fully saturated rings. The van der Waals surface area contributed by atoms with E-state index in [4.69, 9.17) is 32.7 Å². The van der Waals surface area contributed by atoms with E-state index in [0.29, 0.717) is 47.9 Å². The predicted octanol–water partition coefficient (Wildman–Crippen LogP) is 4.53. The molecule has 1 aliphatic carbocycles. The van der Waals surface area contributed by atoms with E-state index < -0.39 is 0 Å². The molecular formula is C19H26Cl3NO3. The van der Waals surface area contributed by atoms with Gasteiger partial charge in [-0.25, -0.2) is 0 Å². The second-order valence-corrected chi connectivity index (χ2v) is 7.61. The molecule has 1 aromatic rings. The van der Waals surface area contributed by atoms with E-state index in [1.807, 2.05) is 18.2 Å². The number of hydrogen-bond donors (Lipinski definition) is 0. The van der Waals surface area contributed by atoms with Gasteiger partial charge in [-0.05, 0) is 37.0 Å². The topological polar surface area (TPSA) is 38.8 Å². The Balaban J connectivity index is 0.00000243. The van der Waals surface area contributed by atoms with Gasteiger partial charge in [0.05, 0.1) is 19.3 Å². The van der Waals surface area contributed by atoms with Crippen molar-refractivity contribution < 1.29 is 14.3 Å². The smallest absolute Gasteiger partial charge is 0.148 e. The second kappa shape index (κ2) is 10.8. The number of carbonyl (C=O) groups excluding carboxylic acids is 1. The molecular weight excluding hydrogens is 397 g/mol. The molecule has 4 nitrogen and oxygen atoms in total. The molecule has 0 N–H and O–H groups in total. The van der Waals surface area contributed by atoms with Crippen LogP contribution in [0.15, 0.2) is 18.2 Å². The maximum absolute atomic E-state index is 11.6. The molecule has 3 rings (SSSR count). The number of ketones is 1. The van der Waals surface area contributed by atoms with Gasteiger partial charge in [0.15, 0.2) is 0 Å². The zero-order chi connectivity index (χ0) is 17.6. The van der Waals surface area contributed by atoms with E-state index in [1.54, 1.807) is 0 Å². The van der Waals surface area contributed by atoms with Crippen LogP contribution in [0.2, 0.25) is 10.0 Å². The molecule has 2 atom stereocenters. The maximum atomic E-state index is 11.6. The van der Waals surface area contributed by atoms with E-state index in [1.165, 1.54) is 12.8 Å². The number of halogens is 3. The predicted molar refractivity (Wildman–Crippen MR) is 107 cm³/mol. The van der Waals surface area contributed by atoms with Crippen LogP contribution >= 0.6 is 35.6 Å². The normalized spacial score (nSPS) is 23.8. The first-order valence-electron chi connectivity index (χ1n) is 9.03. The first-order chi connectivity index (χ1) is 12.1. The SMILES string of the molecule is Cl.O=C1CCN(C2CCCCC2OCOCCc2c(Cl)cccc2Cl)C1. The Bertz CT molecular complexity index is 579. The highest BCUT2D eigenvalue weighted by Gasteiger charge is 2.34. The van der Waals surface area contributed by atoms with Crippen LogP contribution in [0.3, 0.4) is 0 Å². The molecule has 1 saturated carbocycles. The maximum Gasteiger partial charge on any atom is 0.148 e. The number of likely N-dealkylation sites (tertiary alicyclic amines) is 1. The number of nitrogens with zero attached hydrogens (tertiary/aromatic N) is 1. The van der Waals surface area contributed by atoms with Crippen molar-refractivity contribution in [2.24, 2.45) is 0 Å². The summed E-state index contributed by atoms with van der Waals surface area (Å²) >= 11 is 12.3. The van der Waals surface area contributed by atoms with Crippen LogP contribution in [0.5, 0.6) is 0 Å². The van der Waals surface area contributed by atoms with Gasteiger partial charge in [0, 0.05) is 29.1 Å². The lowest BCUT2D eigenvalue weighted by atomic mass is 9.91. The minimum Gasteiger partial charge on any atom is -0.355 e. The van der Waals surface area contributed by atoms with Gasteiger partial charge in [0.25, 0.3) is 0 Å². The molecule has 1 heterocycles. The summed E-state index contributed by atoms with van der Waals surface area (Å²) < 4.78 is 11.7. The molecule has 26 heavy (non-hydrogen) atoms. The fraction of sp³-hybridized carbons (Fsp3) is 0.632. The van der Waals surface area contributed by atoms with Crippen LogP contribution in [0, 0.1) is 0 Å². The Morgan fingerprint density at radius 3 is 2.58 bits per heavy atom. The zero-order valence-corrected chi connectivity index (χ0v) is 17.1. The van der Waals surface area contributed by atoms with E-state index in [0.717, 1.165) is 24.9 Å². The molecule has 0 amide bonds. The number of hydrogen-bond acceptors (Lipinski definition) is 4. The second-order valence-electron chi connectivity index (χ2n) is 6.79. The molecule has 7 heteroatoms. The van der Waals surface area contributed by atoms with Gasteiger partial charge in [0.2, 0.25) is 0 Å². The van der Waals surface area contributed by atoms with E-state index >= 15 is 0 Å². The average Bonchev–Trinajstić information content (AvgIpc) is 3.03. The summed E-state index contributed by atoms with van der Waals surface area (Å²) in [7, 11) is 0. The molecule has 0 bridgehead atoms. The number of benzene rings is 1. The van der Waals surface area contributed by atoms with Gasteiger partial charge >= 0.3 is 0 Å². The fourth-order valence-corrected chi connectivity index (χ4v) is 4.35. The quantitative estimate of drug-likeness (QED) is 0.478. The Morgan fingerprint density at radius 2 is 1.88 bits per heavy atom. The first kappa shape index (κ1) is 21.9. The largest absolute Gasteiger partial charge is 0.355 e. The standard InChI is InChI=1S/C19H25Cl2NO3.ClH/c20-16-4-3-5-17(21)15(16)9-11-24-13-25-19-7-2-1-6-18(19)22-10-8-14(23)12-22;/h3-5,18-19H,1-2,6-13H2;1H. The molecule has 0 aromatic heterocycles. The molecule has 1 aliphatic heterocycles. The Hall–Kier alpha value is -0.360. The molecule has 2 unspecified atom stereocenters. The van der Waals surface area contributed by atoms with E-state index in [2.05, 4.69) is 4.90 Å². The van der Waals surface area contributed by atoms with Crippen LogP contribution in [-0.4, -0.2) is 49.3 Å². The lowest BCUT2D eigenvalue weighted by molar-refractivity contribution is -0.124. The highest BCUT2D eigenvalue weighted by Crippen LogP contribution is 2.28. The molecule has 0 spiro atoms. The fourth-order valence-electron chi connectivity index (χ4n) is 3.77. The van der Waals surface area contributed by atoms with Crippen molar-refractivity contribution in [3.05, 3.63) is 33.8 Å². The number of Topliss-reactive ketones (excluding diaryl/α,β-unsaturated/α-hetero) is 1. The van der Waals surface area contributed by atoms with Crippen LogP contribution in [0.25, 0.3) is 0 Å². The summed E-state index contributed by atoms with van der Waals surface area (Å²) in [5, 5.41) is 1.34. The molecule has 0 radical (unpaired) electrons.